The molecule has 0 bridgehead atoms. The largest absolute Gasteiger partial charge is 0.463 e. The van der Waals surface area contributed by atoms with E-state index in [9.17, 15) is 9.59 Å². The van der Waals surface area contributed by atoms with Gasteiger partial charge in [-0.25, -0.2) is 4.79 Å². The standard InChI is InChI=1S/C11H17NO3S/c1-3-5-6-12-9(13)8-16-10(12)7-11(14)15-4-2/h7H,3-6,8H2,1-2H3. The number of hydrogen-bond acceptors (Lipinski definition) is 4. The highest BCUT2D eigenvalue weighted by atomic mass is 32.2. The van der Waals surface area contributed by atoms with E-state index < -0.39 is 0 Å². The van der Waals surface area contributed by atoms with Crippen molar-refractivity contribution < 1.29 is 14.3 Å². The molecule has 0 unspecified atom stereocenters. The topological polar surface area (TPSA) is 46.6 Å². The van der Waals surface area contributed by atoms with Crippen LogP contribution in [0.2, 0.25) is 0 Å². The average molecular weight is 243 g/mol. The van der Waals surface area contributed by atoms with Crippen LogP contribution < -0.4 is 0 Å². The third-order valence-electron chi connectivity index (χ3n) is 2.17. The van der Waals surface area contributed by atoms with Crippen molar-refractivity contribution >= 4 is 23.6 Å². The molecule has 1 saturated heterocycles. The van der Waals surface area contributed by atoms with Crippen molar-refractivity contribution in [2.45, 2.75) is 26.7 Å². The second-order valence-electron chi connectivity index (χ2n) is 3.42. The molecule has 0 radical (unpaired) electrons. The quantitative estimate of drug-likeness (QED) is 0.545. The number of amides is 1. The van der Waals surface area contributed by atoms with E-state index in [4.69, 9.17) is 4.74 Å². The zero-order valence-corrected chi connectivity index (χ0v) is 10.5. The summed E-state index contributed by atoms with van der Waals surface area (Å²) in [6.07, 6.45) is 3.39. The summed E-state index contributed by atoms with van der Waals surface area (Å²) in [5, 5.41) is 0.719. The molecule has 1 heterocycles. The third-order valence-corrected chi connectivity index (χ3v) is 3.20. The van der Waals surface area contributed by atoms with Crippen molar-refractivity contribution in [3.8, 4) is 0 Å². The monoisotopic (exact) mass is 243 g/mol. The van der Waals surface area contributed by atoms with Gasteiger partial charge in [0.1, 0.15) is 0 Å². The lowest BCUT2D eigenvalue weighted by Gasteiger charge is -2.15. The number of ether oxygens (including phenoxy) is 1. The van der Waals surface area contributed by atoms with Gasteiger partial charge < -0.3 is 9.64 Å². The van der Waals surface area contributed by atoms with Gasteiger partial charge in [-0.05, 0) is 13.3 Å². The molecule has 0 atom stereocenters. The molecule has 5 heteroatoms. The van der Waals surface area contributed by atoms with Crippen molar-refractivity contribution in [2.75, 3.05) is 18.9 Å². The predicted molar refractivity (Wildman–Crippen MR) is 63.8 cm³/mol. The number of hydrogen-bond donors (Lipinski definition) is 0. The summed E-state index contributed by atoms with van der Waals surface area (Å²) in [5.41, 5.74) is 0. The molecule has 1 fully saturated rings. The Labute approximate surface area is 100 Å². The summed E-state index contributed by atoms with van der Waals surface area (Å²) >= 11 is 1.40. The van der Waals surface area contributed by atoms with E-state index in [1.807, 2.05) is 0 Å². The molecule has 1 aliphatic rings. The molecule has 0 spiro atoms. The van der Waals surface area contributed by atoms with Crippen molar-refractivity contribution in [3.05, 3.63) is 11.1 Å². The molecule has 1 aliphatic heterocycles. The van der Waals surface area contributed by atoms with Gasteiger partial charge in [0.25, 0.3) is 0 Å². The summed E-state index contributed by atoms with van der Waals surface area (Å²) in [4.78, 5) is 24.5. The maximum Gasteiger partial charge on any atom is 0.333 e. The molecule has 1 amide bonds. The molecule has 0 aliphatic carbocycles. The molecule has 0 aromatic heterocycles. The molecule has 90 valence electrons. The first kappa shape index (κ1) is 13.1. The fraction of sp³-hybridized carbons (Fsp3) is 0.636. The summed E-state index contributed by atoms with van der Waals surface area (Å²) in [6, 6.07) is 0. The molecule has 1 rings (SSSR count). The van der Waals surface area contributed by atoms with Gasteiger partial charge in [0, 0.05) is 6.54 Å². The van der Waals surface area contributed by atoms with Crippen LogP contribution in [-0.4, -0.2) is 35.7 Å². The van der Waals surface area contributed by atoms with Crippen LogP contribution in [0.15, 0.2) is 11.1 Å². The first-order valence-electron chi connectivity index (χ1n) is 5.50. The van der Waals surface area contributed by atoms with Crippen molar-refractivity contribution in [1.29, 1.82) is 0 Å². The highest BCUT2D eigenvalue weighted by molar-refractivity contribution is 8.04. The molecule has 0 saturated carbocycles. The Morgan fingerprint density at radius 3 is 2.94 bits per heavy atom. The lowest BCUT2D eigenvalue weighted by molar-refractivity contribution is -0.137. The van der Waals surface area contributed by atoms with Crippen LogP contribution in [-0.2, 0) is 14.3 Å². The van der Waals surface area contributed by atoms with Crippen LogP contribution in [0.1, 0.15) is 26.7 Å². The summed E-state index contributed by atoms with van der Waals surface area (Å²) in [7, 11) is 0. The van der Waals surface area contributed by atoms with E-state index in [2.05, 4.69) is 6.92 Å². The fourth-order valence-corrected chi connectivity index (χ4v) is 2.33. The van der Waals surface area contributed by atoms with Gasteiger partial charge in [-0.1, -0.05) is 25.1 Å². The van der Waals surface area contributed by atoms with Gasteiger partial charge in [-0.2, -0.15) is 0 Å². The highest BCUT2D eigenvalue weighted by Crippen LogP contribution is 2.28. The van der Waals surface area contributed by atoms with Gasteiger partial charge in [0.15, 0.2) is 0 Å². The van der Waals surface area contributed by atoms with Gasteiger partial charge in [0.05, 0.1) is 23.5 Å². The minimum absolute atomic E-state index is 0.0778. The number of nitrogens with zero attached hydrogens (tertiary/aromatic N) is 1. The predicted octanol–water partition coefficient (Wildman–Crippen LogP) is 1.77. The van der Waals surface area contributed by atoms with Gasteiger partial charge in [-0.3, -0.25) is 4.79 Å². The number of rotatable bonds is 5. The van der Waals surface area contributed by atoms with Gasteiger partial charge in [-0.15, -0.1) is 0 Å². The Morgan fingerprint density at radius 1 is 1.56 bits per heavy atom. The second-order valence-corrected chi connectivity index (χ2v) is 4.42. The molecule has 0 aromatic carbocycles. The molecular weight excluding hydrogens is 226 g/mol. The van der Waals surface area contributed by atoms with Crippen molar-refractivity contribution in [3.63, 3.8) is 0 Å². The van der Waals surface area contributed by atoms with Gasteiger partial charge >= 0.3 is 5.97 Å². The fourth-order valence-electron chi connectivity index (χ4n) is 1.37. The normalized spacial score (nSPS) is 18.2. The van der Waals surface area contributed by atoms with Crippen LogP contribution in [0.25, 0.3) is 0 Å². The SMILES string of the molecule is CCCCN1C(=O)CSC1=CC(=O)OCC. The van der Waals surface area contributed by atoms with Crippen LogP contribution in [0.5, 0.6) is 0 Å². The second kappa shape index (κ2) is 6.58. The van der Waals surface area contributed by atoms with Crippen molar-refractivity contribution in [1.82, 2.24) is 4.90 Å². The number of esters is 1. The minimum Gasteiger partial charge on any atom is -0.463 e. The Morgan fingerprint density at radius 2 is 2.31 bits per heavy atom. The molecule has 0 N–H and O–H groups in total. The maximum atomic E-state index is 11.5. The van der Waals surface area contributed by atoms with Crippen LogP contribution in [0, 0.1) is 0 Å². The number of thioether (sulfide) groups is 1. The third kappa shape index (κ3) is 3.56. The van der Waals surface area contributed by atoms with E-state index in [1.54, 1.807) is 11.8 Å². The van der Waals surface area contributed by atoms with Crippen molar-refractivity contribution in [2.24, 2.45) is 0 Å². The van der Waals surface area contributed by atoms with Crippen LogP contribution in [0.3, 0.4) is 0 Å². The molecule has 0 aromatic rings. The lowest BCUT2D eigenvalue weighted by Crippen LogP contribution is -2.26. The molecule has 4 nitrogen and oxygen atoms in total. The highest BCUT2D eigenvalue weighted by Gasteiger charge is 2.26. The number of carbonyl (C=O) groups excluding carboxylic acids is 2. The zero-order valence-electron chi connectivity index (χ0n) is 9.69. The summed E-state index contributed by atoms with van der Waals surface area (Å²) < 4.78 is 4.83. The Kier molecular flexibility index (Phi) is 5.38. The van der Waals surface area contributed by atoms with E-state index in [1.165, 1.54) is 17.8 Å². The Bertz CT molecular complexity index is 302. The molecular formula is C11H17NO3S. The van der Waals surface area contributed by atoms with E-state index in [0.29, 0.717) is 18.9 Å². The zero-order chi connectivity index (χ0) is 12.0. The lowest BCUT2D eigenvalue weighted by atomic mass is 10.3. The first-order chi connectivity index (χ1) is 7.69. The minimum atomic E-state index is -0.374. The number of unbranched alkanes of at least 4 members (excludes halogenated alkanes) is 1. The molecule has 16 heavy (non-hydrogen) atoms. The van der Waals surface area contributed by atoms with Crippen LogP contribution in [0.4, 0.5) is 0 Å². The smallest absolute Gasteiger partial charge is 0.333 e. The maximum absolute atomic E-state index is 11.5. The van der Waals surface area contributed by atoms with E-state index in [-0.39, 0.29) is 11.9 Å². The Hall–Kier alpha value is -0.970. The van der Waals surface area contributed by atoms with E-state index >= 15 is 0 Å². The summed E-state index contributed by atoms with van der Waals surface area (Å²) in [6.45, 7) is 4.88. The van der Waals surface area contributed by atoms with Gasteiger partial charge in [0.2, 0.25) is 5.91 Å². The van der Waals surface area contributed by atoms with E-state index in [0.717, 1.165) is 17.9 Å². The van der Waals surface area contributed by atoms with Crippen LogP contribution >= 0.6 is 11.8 Å². The summed E-state index contributed by atoms with van der Waals surface area (Å²) in [5.74, 6) is 0.129. The Balaban J connectivity index is 2.63. The number of carbonyl (C=O) groups is 2. The first-order valence-corrected chi connectivity index (χ1v) is 6.49. The average Bonchev–Trinajstić information content (AvgIpc) is 2.57.